The lowest BCUT2D eigenvalue weighted by atomic mass is 10.0. The van der Waals surface area contributed by atoms with Gasteiger partial charge >= 0.3 is 5.97 Å². The summed E-state index contributed by atoms with van der Waals surface area (Å²) in [5, 5.41) is 8.74. The van der Waals surface area contributed by atoms with Crippen LogP contribution in [-0.4, -0.2) is 17.9 Å². The molecule has 1 atom stereocenters. The minimum absolute atomic E-state index is 0.0477. The van der Waals surface area contributed by atoms with Crippen LogP contribution in [0.3, 0.4) is 0 Å². The van der Waals surface area contributed by atoms with E-state index in [1.54, 1.807) is 6.07 Å². The standard InChI is InChI=1S/C11H11FO4/c1-6(12)7-2-8(4-10(13)14)11-9(3-7)15-5-16-11/h2-3,6H,4-5H2,1H3,(H,13,14). The zero-order valence-corrected chi connectivity index (χ0v) is 8.70. The summed E-state index contributed by atoms with van der Waals surface area (Å²) in [6, 6.07) is 3.05. The largest absolute Gasteiger partial charge is 0.481 e. The van der Waals surface area contributed by atoms with Crippen molar-refractivity contribution in [2.75, 3.05) is 6.79 Å². The monoisotopic (exact) mass is 226 g/mol. The van der Waals surface area contributed by atoms with Gasteiger partial charge in [-0.2, -0.15) is 0 Å². The number of halogens is 1. The second kappa shape index (κ2) is 4.00. The predicted molar refractivity (Wildman–Crippen MR) is 53.4 cm³/mol. The van der Waals surface area contributed by atoms with Crippen LogP contribution >= 0.6 is 0 Å². The number of aliphatic carboxylic acids is 1. The van der Waals surface area contributed by atoms with Gasteiger partial charge in [0.1, 0.15) is 6.17 Å². The highest BCUT2D eigenvalue weighted by atomic mass is 19.1. The molecule has 86 valence electrons. The molecule has 1 unspecified atom stereocenters. The Morgan fingerprint density at radius 2 is 2.31 bits per heavy atom. The van der Waals surface area contributed by atoms with E-state index in [4.69, 9.17) is 14.6 Å². The smallest absolute Gasteiger partial charge is 0.307 e. The average Bonchev–Trinajstić information content (AvgIpc) is 2.64. The van der Waals surface area contributed by atoms with Crippen molar-refractivity contribution in [3.05, 3.63) is 23.3 Å². The molecule has 0 aliphatic carbocycles. The van der Waals surface area contributed by atoms with Crippen LogP contribution in [0.15, 0.2) is 12.1 Å². The van der Waals surface area contributed by atoms with Crippen LogP contribution in [0.4, 0.5) is 4.39 Å². The van der Waals surface area contributed by atoms with Crippen LogP contribution in [0.1, 0.15) is 24.2 Å². The molecule has 2 rings (SSSR count). The SMILES string of the molecule is CC(F)c1cc(CC(=O)O)c2c(c1)OCO2. The van der Waals surface area contributed by atoms with Crippen molar-refractivity contribution in [2.45, 2.75) is 19.5 Å². The Morgan fingerprint density at radius 3 is 2.94 bits per heavy atom. The average molecular weight is 226 g/mol. The van der Waals surface area contributed by atoms with E-state index in [9.17, 15) is 9.18 Å². The molecule has 0 radical (unpaired) electrons. The molecule has 1 N–H and O–H groups in total. The highest BCUT2D eigenvalue weighted by Crippen LogP contribution is 2.39. The first-order valence-corrected chi connectivity index (χ1v) is 4.86. The number of carboxylic acid groups (broad SMARTS) is 1. The molecule has 0 amide bonds. The first-order chi connectivity index (χ1) is 7.58. The molecular formula is C11H11FO4. The van der Waals surface area contributed by atoms with Crippen LogP contribution in [0, 0.1) is 0 Å². The minimum Gasteiger partial charge on any atom is -0.481 e. The molecule has 1 aromatic rings. The van der Waals surface area contributed by atoms with Gasteiger partial charge in [0.25, 0.3) is 0 Å². The molecule has 0 saturated carbocycles. The minimum atomic E-state index is -1.16. The maximum Gasteiger partial charge on any atom is 0.307 e. The Kier molecular flexibility index (Phi) is 2.68. The van der Waals surface area contributed by atoms with E-state index in [0.717, 1.165) is 0 Å². The van der Waals surface area contributed by atoms with E-state index < -0.39 is 12.1 Å². The third kappa shape index (κ3) is 1.93. The summed E-state index contributed by atoms with van der Waals surface area (Å²) in [5.74, 6) is -0.161. The van der Waals surface area contributed by atoms with Crippen LogP contribution in [0.25, 0.3) is 0 Å². The number of ether oxygens (including phenoxy) is 2. The molecule has 1 aromatic carbocycles. The van der Waals surface area contributed by atoms with Gasteiger partial charge < -0.3 is 14.6 Å². The maximum atomic E-state index is 13.2. The summed E-state index contributed by atoms with van der Waals surface area (Å²) >= 11 is 0. The molecular weight excluding hydrogens is 215 g/mol. The van der Waals surface area contributed by atoms with Crippen LogP contribution in [0.2, 0.25) is 0 Å². The molecule has 4 nitrogen and oxygen atoms in total. The Balaban J connectivity index is 2.45. The van der Waals surface area contributed by atoms with E-state index >= 15 is 0 Å². The van der Waals surface area contributed by atoms with Crippen LogP contribution in [-0.2, 0) is 11.2 Å². The summed E-state index contributed by atoms with van der Waals surface area (Å²) in [4.78, 5) is 10.7. The molecule has 1 aliphatic rings. The molecule has 1 heterocycles. The van der Waals surface area contributed by atoms with E-state index in [2.05, 4.69) is 0 Å². The summed E-state index contributed by atoms with van der Waals surface area (Å²) in [5.41, 5.74) is 0.850. The second-order valence-corrected chi connectivity index (χ2v) is 3.60. The topological polar surface area (TPSA) is 55.8 Å². The number of alkyl halides is 1. The van der Waals surface area contributed by atoms with Crippen LogP contribution < -0.4 is 9.47 Å². The van der Waals surface area contributed by atoms with Gasteiger partial charge in [0.15, 0.2) is 11.5 Å². The number of rotatable bonds is 3. The van der Waals surface area contributed by atoms with Crippen molar-refractivity contribution >= 4 is 5.97 Å². The summed E-state index contributed by atoms with van der Waals surface area (Å²) in [6.07, 6.45) is -1.37. The molecule has 0 spiro atoms. The van der Waals surface area contributed by atoms with Gasteiger partial charge in [-0.3, -0.25) is 4.79 Å². The van der Waals surface area contributed by atoms with Crippen molar-refractivity contribution in [2.24, 2.45) is 0 Å². The molecule has 0 bridgehead atoms. The molecule has 0 saturated heterocycles. The van der Waals surface area contributed by atoms with Crippen molar-refractivity contribution in [1.82, 2.24) is 0 Å². The lowest BCUT2D eigenvalue weighted by molar-refractivity contribution is -0.136. The van der Waals surface area contributed by atoms with Gasteiger partial charge in [-0.1, -0.05) is 0 Å². The lowest BCUT2D eigenvalue weighted by Gasteiger charge is -2.08. The fraction of sp³-hybridized carbons (Fsp3) is 0.364. The molecule has 0 aromatic heterocycles. The number of carboxylic acids is 1. The summed E-state index contributed by atoms with van der Waals surface area (Å²) < 4.78 is 23.5. The number of carbonyl (C=O) groups is 1. The lowest BCUT2D eigenvalue weighted by Crippen LogP contribution is -2.02. The van der Waals surface area contributed by atoms with Gasteiger partial charge in [0.05, 0.1) is 6.42 Å². The molecule has 0 fully saturated rings. The van der Waals surface area contributed by atoms with Crippen molar-refractivity contribution < 1.29 is 23.8 Å². The number of benzene rings is 1. The third-order valence-corrected chi connectivity index (χ3v) is 2.37. The van der Waals surface area contributed by atoms with E-state index in [1.165, 1.54) is 13.0 Å². The normalized spacial score (nSPS) is 14.9. The van der Waals surface area contributed by atoms with Crippen molar-refractivity contribution in [1.29, 1.82) is 0 Å². The fourth-order valence-corrected chi connectivity index (χ4v) is 1.63. The maximum absolute atomic E-state index is 13.2. The fourth-order valence-electron chi connectivity index (χ4n) is 1.63. The van der Waals surface area contributed by atoms with E-state index in [-0.39, 0.29) is 13.2 Å². The second-order valence-electron chi connectivity index (χ2n) is 3.60. The number of hydrogen-bond donors (Lipinski definition) is 1. The molecule has 5 heteroatoms. The van der Waals surface area contributed by atoms with E-state index in [0.29, 0.717) is 22.6 Å². The quantitative estimate of drug-likeness (QED) is 0.857. The van der Waals surface area contributed by atoms with Gasteiger partial charge in [-0.05, 0) is 24.6 Å². The molecule has 1 aliphatic heterocycles. The predicted octanol–water partition coefficient (Wildman–Crippen LogP) is 2.07. The Hall–Kier alpha value is -1.78. The van der Waals surface area contributed by atoms with Gasteiger partial charge in [-0.25, -0.2) is 4.39 Å². The first kappa shape index (κ1) is 10.7. The zero-order chi connectivity index (χ0) is 11.7. The zero-order valence-electron chi connectivity index (χ0n) is 8.70. The van der Waals surface area contributed by atoms with Crippen LogP contribution in [0.5, 0.6) is 11.5 Å². The Bertz CT molecular complexity index is 428. The van der Waals surface area contributed by atoms with Crippen molar-refractivity contribution in [3.8, 4) is 11.5 Å². The van der Waals surface area contributed by atoms with Gasteiger partial charge in [-0.15, -0.1) is 0 Å². The van der Waals surface area contributed by atoms with Gasteiger partial charge in [0, 0.05) is 5.56 Å². The molecule has 16 heavy (non-hydrogen) atoms. The highest BCUT2D eigenvalue weighted by molar-refractivity contribution is 5.72. The third-order valence-electron chi connectivity index (χ3n) is 2.37. The van der Waals surface area contributed by atoms with Crippen molar-refractivity contribution in [3.63, 3.8) is 0 Å². The summed E-state index contributed by atoms with van der Waals surface area (Å²) in [7, 11) is 0. The highest BCUT2D eigenvalue weighted by Gasteiger charge is 2.22. The summed E-state index contributed by atoms with van der Waals surface area (Å²) in [6.45, 7) is 1.44. The van der Waals surface area contributed by atoms with Gasteiger partial charge in [0.2, 0.25) is 6.79 Å². The first-order valence-electron chi connectivity index (χ1n) is 4.86. The number of hydrogen-bond acceptors (Lipinski definition) is 3. The Morgan fingerprint density at radius 1 is 1.56 bits per heavy atom. The van der Waals surface area contributed by atoms with E-state index in [1.807, 2.05) is 0 Å². The Labute approximate surface area is 91.6 Å². The number of fused-ring (bicyclic) bond motifs is 1.